The van der Waals surface area contributed by atoms with Crippen molar-refractivity contribution in [2.45, 2.75) is 44.2 Å². The lowest BCUT2D eigenvalue weighted by Gasteiger charge is -2.37. The summed E-state index contributed by atoms with van der Waals surface area (Å²) in [5, 5.41) is 10.3. The minimum absolute atomic E-state index is 0.159. The summed E-state index contributed by atoms with van der Waals surface area (Å²) in [6.45, 7) is 3.85. The lowest BCUT2D eigenvalue weighted by atomic mass is 9.91. The highest BCUT2D eigenvalue weighted by molar-refractivity contribution is 5.32. The molecule has 1 aromatic rings. The first kappa shape index (κ1) is 15.5. The van der Waals surface area contributed by atoms with E-state index in [4.69, 9.17) is 4.74 Å². The maximum atomic E-state index is 10.3. The molecule has 0 amide bonds. The molecule has 0 bridgehead atoms. The first-order valence-corrected chi connectivity index (χ1v) is 8.32. The third-order valence-electron chi connectivity index (χ3n) is 4.80. The number of aliphatic hydroxyl groups excluding tert-OH is 1. The Hall–Kier alpha value is -1.40. The van der Waals surface area contributed by atoms with Crippen LogP contribution in [0.1, 0.15) is 32.1 Å². The number of rotatable bonds is 3. The minimum Gasteiger partial charge on any atom is -0.481 e. The van der Waals surface area contributed by atoms with Crippen LogP contribution in [-0.2, 0) is 0 Å². The number of aromatic nitrogens is 2. The van der Waals surface area contributed by atoms with Gasteiger partial charge in [-0.1, -0.05) is 12.8 Å². The van der Waals surface area contributed by atoms with Gasteiger partial charge in [0.05, 0.1) is 13.2 Å². The van der Waals surface area contributed by atoms with E-state index in [2.05, 4.69) is 19.8 Å². The summed E-state index contributed by atoms with van der Waals surface area (Å²) in [6.07, 6.45) is 7.13. The molecule has 1 aliphatic carbocycles. The fourth-order valence-electron chi connectivity index (χ4n) is 3.59. The molecule has 2 aliphatic rings. The van der Waals surface area contributed by atoms with Crippen LogP contribution < -0.4 is 9.64 Å². The number of hydrogen-bond donors (Lipinski definition) is 1. The molecule has 1 aliphatic heterocycles. The summed E-state index contributed by atoms with van der Waals surface area (Å²) in [4.78, 5) is 13.5. The minimum atomic E-state index is -0.159. The lowest BCUT2D eigenvalue weighted by Crippen LogP contribution is -2.47. The normalized spacial score (nSPS) is 27.5. The van der Waals surface area contributed by atoms with Gasteiger partial charge < -0.3 is 14.7 Å². The first-order valence-electron chi connectivity index (χ1n) is 8.32. The number of nitrogens with zero attached hydrogens (tertiary/aromatic N) is 4. The molecular formula is C16H26N4O2. The molecule has 0 radical (unpaired) electrons. The molecule has 1 saturated carbocycles. The first-order chi connectivity index (χ1) is 10.8. The van der Waals surface area contributed by atoms with Crippen LogP contribution in [0.25, 0.3) is 0 Å². The van der Waals surface area contributed by atoms with Crippen LogP contribution in [0.15, 0.2) is 12.3 Å². The Balaban J connectivity index is 1.64. The van der Waals surface area contributed by atoms with E-state index in [0.717, 1.165) is 57.8 Å². The van der Waals surface area contributed by atoms with E-state index in [9.17, 15) is 5.11 Å². The summed E-state index contributed by atoms with van der Waals surface area (Å²) in [7, 11) is 1.63. The SMILES string of the molecule is COc1ccnc(N2CCCN([C@@H]3CCCC[C@H]3O)CC2)n1. The van der Waals surface area contributed by atoms with Crippen molar-refractivity contribution < 1.29 is 9.84 Å². The molecule has 1 N–H and O–H groups in total. The van der Waals surface area contributed by atoms with Crippen LogP contribution in [0.5, 0.6) is 5.88 Å². The number of aliphatic hydroxyl groups is 1. The third kappa shape index (κ3) is 3.50. The Morgan fingerprint density at radius 2 is 2.00 bits per heavy atom. The van der Waals surface area contributed by atoms with Gasteiger partial charge in [-0.2, -0.15) is 4.98 Å². The molecule has 0 unspecified atom stereocenters. The van der Waals surface area contributed by atoms with Gasteiger partial charge in [-0.05, 0) is 19.3 Å². The average Bonchev–Trinajstić information content (AvgIpc) is 2.81. The quantitative estimate of drug-likeness (QED) is 0.908. The fraction of sp³-hybridized carbons (Fsp3) is 0.750. The monoisotopic (exact) mass is 306 g/mol. The number of methoxy groups -OCH3 is 1. The van der Waals surface area contributed by atoms with E-state index in [0.29, 0.717) is 11.9 Å². The zero-order chi connectivity index (χ0) is 15.4. The standard InChI is InChI=1S/C16H26N4O2/c1-22-15-7-8-17-16(18-15)20-10-4-9-19(11-12-20)13-5-2-3-6-14(13)21/h7-8,13-14,21H,2-6,9-12H2,1H3/t13-,14-/m1/s1. The molecule has 2 heterocycles. The highest BCUT2D eigenvalue weighted by Crippen LogP contribution is 2.24. The van der Waals surface area contributed by atoms with Gasteiger partial charge in [-0.3, -0.25) is 4.90 Å². The summed E-state index contributed by atoms with van der Waals surface area (Å²) < 4.78 is 5.19. The van der Waals surface area contributed by atoms with Gasteiger partial charge >= 0.3 is 0 Å². The van der Waals surface area contributed by atoms with Crippen molar-refractivity contribution in [3.63, 3.8) is 0 Å². The smallest absolute Gasteiger partial charge is 0.228 e. The van der Waals surface area contributed by atoms with Crippen LogP contribution in [0.4, 0.5) is 5.95 Å². The van der Waals surface area contributed by atoms with E-state index in [1.54, 1.807) is 19.4 Å². The molecule has 3 rings (SSSR count). The van der Waals surface area contributed by atoms with Gasteiger partial charge in [0.2, 0.25) is 11.8 Å². The molecule has 6 nitrogen and oxygen atoms in total. The van der Waals surface area contributed by atoms with Crippen molar-refractivity contribution >= 4 is 5.95 Å². The van der Waals surface area contributed by atoms with Gasteiger partial charge in [0, 0.05) is 44.5 Å². The zero-order valence-electron chi connectivity index (χ0n) is 13.3. The largest absolute Gasteiger partial charge is 0.481 e. The van der Waals surface area contributed by atoms with Crippen molar-refractivity contribution in [2.75, 3.05) is 38.2 Å². The Bertz CT molecular complexity index is 485. The summed E-state index contributed by atoms with van der Waals surface area (Å²) in [6, 6.07) is 2.10. The molecule has 122 valence electrons. The van der Waals surface area contributed by atoms with Gasteiger partial charge in [-0.25, -0.2) is 4.98 Å². The maximum Gasteiger partial charge on any atom is 0.228 e. The lowest BCUT2D eigenvalue weighted by molar-refractivity contribution is 0.0230. The Kier molecular flexibility index (Phi) is 5.10. The second-order valence-electron chi connectivity index (χ2n) is 6.19. The molecular weight excluding hydrogens is 280 g/mol. The maximum absolute atomic E-state index is 10.3. The van der Waals surface area contributed by atoms with Crippen LogP contribution in [-0.4, -0.2) is 65.4 Å². The number of ether oxygens (including phenoxy) is 1. The molecule has 2 atom stereocenters. The van der Waals surface area contributed by atoms with E-state index in [1.807, 2.05) is 0 Å². The van der Waals surface area contributed by atoms with Crippen molar-refractivity contribution in [3.8, 4) is 5.88 Å². The molecule has 1 saturated heterocycles. The summed E-state index contributed by atoms with van der Waals surface area (Å²) in [5.74, 6) is 1.35. The molecule has 0 spiro atoms. The second-order valence-corrected chi connectivity index (χ2v) is 6.19. The Labute approximate surface area is 132 Å². The highest BCUT2D eigenvalue weighted by Gasteiger charge is 2.30. The molecule has 2 fully saturated rings. The van der Waals surface area contributed by atoms with Crippen LogP contribution >= 0.6 is 0 Å². The Morgan fingerprint density at radius 1 is 1.14 bits per heavy atom. The van der Waals surface area contributed by atoms with E-state index in [1.165, 1.54) is 6.42 Å². The third-order valence-corrected chi connectivity index (χ3v) is 4.80. The molecule has 22 heavy (non-hydrogen) atoms. The van der Waals surface area contributed by atoms with Crippen LogP contribution in [0.2, 0.25) is 0 Å². The van der Waals surface area contributed by atoms with Crippen LogP contribution in [0, 0.1) is 0 Å². The molecule has 0 aromatic carbocycles. The van der Waals surface area contributed by atoms with Crippen molar-refractivity contribution in [1.29, 1.82) is 0 Å². The predicted molar refractivity (Wildman–Crippen MR) is 85.2 cm³/mol. The van der Waals surface area contributed by atoms with Gasteiger partial charge in [-0.15, -0.1) is 0 Å². The molecule has 6 heteroatoms. The topological polar surface area (TPSA) is 61.7 Å². The summed E-state index contributed by atoms with van der Waals surface area (Å²) in [5.41, 5.74) is 0. The second kappa shape index (κ2) is 7.24. The Morgan fingerprint density at radius 3 is 2.82 bits per heavy atom. The molecule has 1 aromatic heterocycles. The summed E-state index contributed by atoms with van der Waals surface area (Å²) >= 11 is 0. The highest BCUT2D eigenvalue weighted by atomic mass is 16.5. The zero-order valence-corrected chi connectivity index (χ0v) is 13.3. The number of anilines is 1. The van der Waals surface area contributed by atoms with Crippen molar-refractivity contribution in [2.24, 2.45) is 0 Å². The predicted octanol–water partition coefficient (Wildman–Crippen LogP) is 1.30. The van der Waals surface area contributed by atoms with Gasteiger partial charge in [0.15, 0.2) is 0 Å². The van der Waals surface area contributed by atoms with E-state index in [-0.39, 0.29) is 6.10 Å². The van der Waals surface area contributed by atoms with Crippen molar-refractivity contribution in [3.05, 3.63) is 12.3 Å². The van der Waals surface area contributed by atoms with E-state index >= 15 is 0 Å². The van der Waals surface area contributed by atoms with Gasteiger partial charge in [0.1, 0.15) is 0 Å². The fourth-order valence-corrected chi connectivity index (χ4v) is 3.59. The van der Waals surface area contributed by atoms with Crippen molar-refractivity contribution in [1.82, 2.24) is 14.9 Å². The van der Waals surface area contributed by atoms with Gasteiger partial charge in [0.25, 0.3) is 0 Å². The van der Waals surface area contributed by atoms with Crippen LogP contribution in [0.3, 0.4) is 0 Å². The average molecular weight is 306 g/mol. The number of hydrogen-bond acceptors (Lipinski definition) is 6. The van der Waals surface area contributed by atoms with E-state index < -0.39 is 0 Å².